The molecule has 0 radical (unpaired) electrons. The first-order valence-electron chi connectivity index (χ1n) is 23.3. The molecule has 1 aliphatic heterocycles. The van der Waals surface area contributed by atoms with Gasteiger partial charge < -0.3 is 91.3 Å². The van der Waals surface area contributed by atoms with Crippen LogP contribution in [0.3, 0.4) is 0 Å². The number of aliphatic imine (C=N–C) groups is 1. The van der Waals surface area contributed by atoms with Crippen LogP contribution in [0.25, 0.3) is 0 Å². The minimum Gasteiger partial charge on any atom is -0.457 e. The zero-order valence-corrected chi connectivity index (χ0v) is 40.5. The summed E-state index contributed by atoms with van der Waals surface area (Å²) < 4.78 is 5.87. The largest absolute Gasteiger partial charge is 0.457 e. The molecule has 1 aliphatic rings. The van der Waals surface area contributed by atoms with E-state index in [2.05, 4.69) is 47.5 Å². The summed E-state index contributed by atoms with van der Waals surface area (Å²) in [7, 11) is 0. The van der Waals surface area contributed by atoms with Crippen LogP contribution in [0.5, 0.6) is 11.5 Å². The number of amides is 7. The van der Waals surface area contributed by atoms with Gasteiger partial charge in [-0.1, -0.05) is 32.1 Å². The molecule has 0 bridgehead atoms. The van der Waals surface area contributed by atoms with E-state index >= 15 is 0 Å². The quantitative estimate of drug-likeness (QED) is 0.0326. The summed E-state index contributed by atoms with van der Waals surface area (Å²) in [6.45, 7) is 5.14. The highest BCUT2D eigenvalue weighted by atomic mass is 16.5. The van der Waals surface area contributed by atoms with Gasteiger partial charge in [0.2, 0.25) is 29.5 Å². The molecular weight excluding hydrogens is 925 g/mol. The predicted molar refractivity (Wildman–Crippen MR) is 263 cm³/mol. The number of guanidine groups is 1. The molecule has 3 rings (SSSR count). The summed E-state index contributed by atoms with van der Waals surface area (Å²) in [5.74, 6) is -6.03. The fourth-order valence-electron chi connectivity index (χ4n) is 7.25. The highest BCUT2D eigenvalue weighted by molar-refractivity contribution is 6.03. The lowest BCUT2D eigenvalue weighted by Gasteiger charge is -2.30. The fourth-order valence-corrected chi connectivity index (χ4v) is 7.25. The van der Waals surface area contributed by atoms with Gasteiger partial charge in [-0.25, -0.2) is 0 Å². The van der Waals surface area contributed by atoms with Crippen molar-refractivity contribution in [3.63, 3.8) is 0 Å². The number of carbonyl (C=O) groups excluding carboxylic acids is 7. The lowest BCUT2D eigenvalue weighted by atomic mass is 10.0. The van der Waals surface area contributed by atoms with E-state index in [1.165, 1.54) is 37.3 Å². The second-order valence-corrected chi connectivity index (χ2v) is 17.3. The van der Waals surface area contributed by atoms with Crippen LogP contribution in [-0.2, 0) is 28.8 Å². The Balaban J connectivity index is 2.08. The maximum absolute atomic E-state index is 14.1. The molecule has 0 aromatic heterocycles. The smallest absolute Gasteiger partial charge is 0.268 e. The first kappa shape index (κ1) is 58.6. The average Bonchev–Trinajstić information content (AvgIpc) is 3.33. The molecule has 392 valence electrons. The van der Waals surface area contributed by atoms with Gasteiger partial charge in [0.05, 0.1) is 18.2 Å². The van der Waals surface area contributed by atoms with Crippen LogP contribution >= 0.6 is 0 Å². The van der Waals surface area contributed by atoms with E-state index in [-0.39, 0.29) is 56.3 Å². The van der Waals surface area contributed by atoms with Crippen molar-refractivity contribution in [2.45, 2.75) is 108 Å². The van der Waals surface area contributed by atoms with E-state index in [1.807, 2.05) is 39.0 Å². The van der Waals surface area contributed by atoms with Gasteiger partial charge in [-0.05, 0) is 94.0 Å². The van der Waals surface area contributed by atoms with Gasteiger partial charge in [0.1, 0.15) is 47.5 Å². The van der Waals surface area contributed by atoms with Crippen LogP contribution in [0.1, 0.15) is 62.4 Å². The monoisotopic (exact) mass is 997 g/mol. The van der Waals surface area contributed by atoms with Gasteiger partial charge in [0, 0.05) is 44.3 Å². The Kier molecular flexibility index (Phi) is 24.3. The molecule has 0 saturated carbocycles. The Morgan fingerprint density at radius 3 is 2.04 bits per heavy atom. The maximum Gasteiger partial charge on any atom is 0.268 e. The summed E-state index contributed by atoms with van der Waals surface area (Å²) in [6.07, 6.45) is -3.66. The molecular formula is C46H72N14O11. The predicted octanol–water partition coefficient (Wildman–Crippen LogP) is -4.62. The molecule has 9 atom stereocenters. The molecule has 0 spiro atoms. The minimum atomic E-state index is -1.97. The third-order valence-electron chi connectivity index (χ3n) is 11.0. The Labute approximate surface area is 412 Å². The van der Waals surface area contributed by atoms with Crippen molar-refractivity contribution in [3.8, 4) is 11.5 Å². The van der Waals surface area contributed by atoms with Gasteiger partial charge in [-0.15, -0.1) is 0 Å². The molecule has 71 heavy (non-hydrogen) atoms. The van der Waals surface area contributed by atoms with Crippen LogP contribution in [-0.4, -0.2) is 156 Å². The van der Waals surface area contributed by atoms with Crippen molar-refractivity contribution < 1.29 is 53.6 Å². The van der Waals surface area contributed by atoms with Crippen LogP contribution < -0.4 is 75.9 Å². The zero-order valence-electron chi connectivity index (χ0n) is 40.5. The summed E-state index contributed by atoms with van der Waals surface area (Å²) in [4.78, 5) is 101. The Morgan fingerprint density at radius 1 is 0.817 bits per heavy atom. The standard InChI is InChI=1S/C46H72N14O11/c1-5-30-40(65)57-32(15-16-47)42(67)55-27(18-24(2)3)22-53-31(10-7-17-52-46(50)51)41(66)59-37(34(62)21-49)45(70)60-36(33(61)20-48)43(68)54-23-35(63)38(44(69)56-30)58-39(64)26-11-13-28(14-12-26)71-29-9-6-8-25(4)19-29/h5-6,8-9,11-14,19,24,27,31-38,53,61-63H,7,10,15-18,20-23,47-49H2,1-4H3,(H,54,68)(H,55,67)(H,56,69)(H,57,65)(H,58,64)(H,59,66)(H,60,70)(H4,50,51,52)/b30-5-/t27-,31-,32-,33?,34?,35?,36?,37?,38?/m0/s1. The molecule has 21 N–H and O–H groups in total. The number of nitrogens with zero attached hydrogens (tertiary/aromatic N) is 1. The summed E-state index contributed by atoms with van der Waals surface area (Å²) in [6, 6.07) is 4.39. The van der Waals surface area contributed by atoms with Crippen molar-refractivity contribution in [2.24, 2.45) is 39.6 Å². The van der Waals surface area contributed by atoms with E-state index in [0.29, 0.717) is 17.9 Å². The molecule has 1 heterocycles. The van der Waals surface area contributed by atoms with Crippen molar-refractivity contribution in [1.29, 1.82) is 0 Å². The summed E-state index contributed by atoms with van der Waals surface area (Å²) in [5, 5.41) is 53.8. The number of aliphatic hydroxyl groups is 3. The maximum atomic E-state index is 14.1. The molecule has 0 aliphatic carbocycles. The number of β-amino-alcohol motifs (C(OH)–C–C–N with tert-alkyl or cyclic N) is 1. The van der Waals surface area contributed by atoms with Crippen molar-refractivity contribution in [1.82, 2.24) is 42.5 Å². The number of aliphatic hydroxyl groups excluding tert-OH is 3. The lowest BCUT2D eigenvalue weighted by Crippen LogP contribution is -2.64. The van der Waals surface area contributed by atoms with Gasteiger partial charge in [0.15, 0.2) is 5.96 Å². The molecule has 1 fully saturated rings. The number of rotatable bonds is 16. The van der Waals surface area contributed by atoms with Gasteiger partial charge in [-0.2, -0.15) is 0 Å². The Morgan fingerprint density at radius 2 is 1.45 bits per heavy atom. The number of benzene rings is 2. The normalized spacial score (nSPS) is 24.0. The highest BCUT2D eigenvalue weighted by Crippen LogP contribution is 2.22. The first-order chi connectivity index (χ1) is 33.7. The number of allylic oxidation sites excluding steroid dienone is 1. The first-order valence-corrected chi connectivity index (χ1v) is 23.3. The third-order valence-corrected chi connectivity index (χ3v) is 11.0. The molecule has 2 aromatic rings. The number of aryl methyl sites for hydroxylation is 1. The Bertz CT molecular complexity index is 2170. The van der Waals surface area contributed by atoms with E-state index in [9.17, 15) is 48.9 Å². The second kappa shape index (κ2) is 29.4. The van der Waals surface area contributed by atoms with Crippen LogP contribution in [0.2, 0.25) is 0 Å². The van der Waals surface area contributed by atoms with Gasteiger partial charge in [-0.3, -0.25) is 38.6 Å². The van der Waals surface area contributed by atoms with Gasteiger partial charge >= 0.3 is 0 Å². The molecule has 1 saturated heterocycles. The number of nitrogens with two attached hydrogens (primary N) is 5. The van der Waals surface area contributed by atoms with Crippen molar-refractivity contribution in [2.75, 3.05) is 39.3 Å². The number of ether oxygens (including phenoxy) is 1. The molecule has 7 amide bonds. The lowest BCUT2D eigenvalue weighted by molar-refractivity contribution is -0.136. The molecule has 25 heteroatoms. The number of nitrogens with one attached hydrogen (secondary N) is 8. The average molecular weight is 997 g/mol. The van der Waals surface area contributed by atoms with E-state index in [4.69, 9.17) is 33.4 Å². The summed E-state index contributed by atoms with van der Waals surface area (Å²) >= 11 is 0. The van der Waals surface area contributed by atoms with Crippen LogP contribution in [0.15, 0.2) is 65.3 Å². The molecule has 6 unspecified atom stereocenters. The van der Waals surface area contributed by atoms with Crippen molar-refractivity contribution >= 4 is 47.3 Å². The van der Waals surface area contributed by atoms with E-state index in [0.717, 1.165) is 5.56 Å². The zero-order chi connectivity index (χ0) is 52.8. The van der Waals surface area contributed by atoms with Crippen LogP contribution in [0, 0.1) is 12.8 Å². The fraction of sp³-hybridized carbons (Fsp3) is 0.522. The molecule has 25 nitrogen and oxygen atoms in total. The van der Waals surface area contributed by atoms with Crippen molar-refractivity contribution in [3.05, 3.63) is 71.4 Å². The topological polar surface area (TPSA) is 428 Å². The van der Waals surface area contributed by atoms with E-state index < -0.39 is 121 Å². The van der Waals surface area contributed by atoms with Gasteiger partial charge in [0.25, 0.3) is 11.8 Å². The SMILES string of the molecule is C/C=C1\NC(=O)C(NC(=O)c2ccc(Oc3cccc(C)c3)cc2)C(O)CNC(=O)C(C(O)CN)NC(=O)C(C(O)CN)NC(=O)[C@H](CCCN=C(N)N)NC[C@H](CC(C)C)NC(=O)[C@H](CCN)NC1=O. The minimum absolute atomic E-state index is 0.00532. The number of hydrogen-bond acceptors (Lipinski definition) is 16. The van der Waals surface area contributed by atoms with E-state index in [1.54, 1.807) is 6.07 Å². The summed E-state index contributed by atoms with van der Waals surface area (Å²) in [5.41, 5.74) is 28.9. The highest BCUT2D eigenvalue weighted by Gasteiger charge is 2.37. The number of hydrogen-bond donors (Lipinski definition) is 16. The second-order valence-electron chi connectivity index (χ2n) is 17.3. The number of carbonyl (C=O) groups is 7. The third kappa shape index (κ3) is 19.2. The van der Waals surface area contributed by atoms with Crippen LogP contribution in [0.4, 0.5) is 0 Å². The molecule has 2 aromatic carbocycles. The Hall–Kier alpha value is -6.74.